The minimum atomic E-state index is -0.709. The van der Waals surface area contributed by atoms with Gasteiger partial charge in [0.25, 0.3) is 0 Å². The molecule has 1 aliphatic carbocycles. The van der Waals surface area contributed by atoms with Crippen LogP contribution in [0.25, 0.3) is 0 Å². The third-order valence-corrected chi connectivity index (χ3v) is 7.51. The minimum Gasteiger partial charge on any atom is -0.508 e. The molecule has 190 valence electrons. The molecule has 3 aliphatic rings. The molecule has 2 aliphatic heterocycles. The molecule has 9 heteroatoms. The molecule has 3 fully saturated rings. The highest BCUT2D eigenvalue weighted by molar-refractivity contribution is 5.91. The molecule has 5 rings (SSSR count). The van der Waals surface area contributed by atoms with Crippen LogP contribution >= 0.6 is 0 Å². The van der Waals surface area contributed by atoms with Crippen molar-refractivity contribution in [1.82, 2.24) is 25.1 Å². The molecule has 0 spiro atoms. The van der Waals surface area contributed by atoms with Crippen LogP contribution in [0.4, 0.5) is 4.79 Å². The lowest BCUT2D eigenvalue weighted by Crippen LogP contribution is -2.76. The van der Waals surface area contributed by atoms with Gasteiger partial charge in [0.1, 0.15) is 18.0 Å². The van der Waals surface area contributed by atoms with E-state index in [2.05, 4.69) is 5.32 Å². The molecule has 4 amide bonds. The van der Waals surface area contributed by atoms with Crippen LogP contribution in [0.2, 0.25) is 0 Å². The number of nitrogens with one attached hydrogen (secondary N) is 1. The summed E-state index contributed by atoms with van der Waals surface area (Å²) < 4.78 is 0. The summed E-state index contributed by atoms with van der Waals surface area (Å²) in [5, 5.41) is 15.9. The summed E-state index contributed by atoms with van der Waals surface area (Å²) in [7, 11) is 1.74. The number of urea groups is 1. The average molecular weight is 492 g/mol. The topological polar surface area (TPSA) is 96.4 Å². The summed E-state index contributed by atoms with van der Waals surface area (Å²) in [6.45, 7) is 0.676. The van der Waals surface area contributed by atoms with Crippen LogP contribution in [-0.4, -0.2) is 81.2 Å². The van der Waals surface area contributed by atoms with E-state index in [-0.39, 0.29) is 36.2 Å². The van der Waals surface area contributed by atoms with Crippen LogP contribution in [0.5, 0.6) is 5.75 Å². The lowest BCUT2D eigenvalue weighted by atomic mass is 9.97. The second kappa shape index (κ2) is 10.2. The fraction of sp³-hybridized carbons (Fsp3) is 0.444. The summed E-state index contributed by atoms with van der Waals surface area (Å²) in [5.74, 6) is -0.0808. The Morgan fingerprint density at radius 1 is 1.00 bits per heavy atom. The Kier molecular flexibility index (Phi) is 6.82. The number of rotatable bonds is 5. The number of phenols is 1. The third-order valence-electron chi connectivity index (χ3n) is 7.51. The molecule has 1 saturated carbocycles. The van der Waals surface area contributed by atoms with Crippen molar-refractivity contribution >= 4 is 17.8 Å². The molecule has 0 aromatic heterocycles. The zero-order chi connectivity index (χ0) is 25.2. The fourth-order valence-corrected chi connectivity index (χ4v) is 5.72. The molecule has 0 unspecified atom stereocenters. The molecule has 0 radical (unpaired) electrons. The van der Waals surface area contributed by atoms with Crippen molar-refractivity contribution in [3.05, 3.63) is 65.7 Å². The van der Waals surface area contributed by atoms with Gasteiger partial charge in [-0.2, -0.15) is 0 Å². The molecule has 2 N–H and O–H groups in total. The molecule has 2 atom stereocenters. The first-order valence-corrected chi connectivity index (χ1v) is 12.6. The van der Waals surface area contributed by atoms with Crippen molar-refractivity contribution in [3.8, 4) is 5.75 Å². The van der Waals surface area contributed by atoms with Crippen LogP contribution in [0.1, 0.15) is 36.8 Å². The van der Waals surface area contributed by atoms with E-state index in [0.717, 1.165) is 36.8 Å². The number of hydrogen-bond donors (Lipinski definition) is 2. The average Bonchev–Trinajstić information content (AvgIpc) is 3.41. The number of nitrogens with zero attached hydrogens (tertiary/aromatic N) is 4. The van der Waals surface area contributed by atoms with Crippen LogP contribution in [0, 0.1) is 0 Å². The summed E-state index contributed by atoms with van der Waals surface area (Å²) >= 11 is 0. The molecule has 2 aromatic rings. The number of amides is 4. The van der Waals surface area contributed by atoms with E-state index in [1.54, 1.807) is 46.2 Å². The largest absolute Gasteiger partial charge is 0.508 e. The van der Waals surface area contributed by atoms with Gasteiger partial charge in [0.05, 0.1) is 13.1 Å². The molecule has 9 nitrogen and oxygen atoms in total. The number of carbonyl (C=O) groups excluding carboxylic acids is 3. The van der Waals surface area contributed by atoms with Crippen molar-refractivity contribution in [1.29, 1.82) is 0 Å². The predicted octanol–water partition coefficient (Wildman–Crippen LogP) is 2.31. The highest BCUT2D eigenvalue weighted by Crippen LogP contribution is 2.33. The van der Waals surface area contributed by atoms with Crippen molar-refractivity contribution < 1.29 is 19.5 Å². The number of phenolic OH excluding ortho intramolecular Hbond substituents is 1. The molecule has 2 heterocycles. The predicted molar refractivity (Wildman–Crippen MR) is 133 cm³/mol. The van der Waals surface area contributed by atoms with Gasteiger partial charge in [0.15, 0.2) is 0 Å². The second-order valence-electron chi connectivity index (χ2n) is 9.90. The summed E-state index contributed by atoms with van der Waals surface area (Å²) in [6.07, 6.45) is 3.76. The van der Waals surface area contributed by atoms with Crippen molar-refractivity contribution in [2.45, 2.75) is 56.9 Å². The number of hydrogen-bond acceptors (Lipinski definition) is 5. The van der Waals surface area contributed by atoms with E-state index in [1.807, 2.05) is 35.2 Å². The number of carbonyl (C=O) groups is 3. The fourth-order valence-electron chi connectivity index (χ4n) is 5.72. The zero-order valence-corrected chi connectivity index (χ0v) is 20.5. The first kappa shape index (κ1) is 24.1. The van der Waals surface area contributed by atoms with E-state index >= 15 is 0 Å². The lowest BCUT2D eigenvalue weighted by Gasteiger charge is -2.55. The Morgan fingerprint density at radius 3 is 2.39 bits per heavy atom. The van der Waals surface area contributed by atoms with Gasteiger partial charge in [0, 0.05) is 26.1 Å². The zero-order valence-electron chi connectivity index (χ0n) is 20.5. The first-order valence-electron chi connectivity index (χ1n) is 12.6. The van der Waals surface area contributed by atoms with Gasteiger partial charge in [-0.1, -0.05) is 55.3 Å². The Balaban J connectivity index is 1.44. The first-order chi connectivity index (χ1) is 17.4. The molecule has 0 bridgehead atoms. The maximum absolute atomic E-state index is 13.8. The van der Waals surface area contributed by atoms with Crippen molar-refractivity contribution in [2.75, 3.05) is 20.1 Å². The maximum atomic E-state index is 13.8. The van der Waals surface area contributed by atoms with Crippen LogP contribution in [0.15, 0.2) is 54.6 Å². The van der Waals surface area contributed by atoms with Crippen LogP contribution in [0.3, 0.4) is 0 Å². The van der Waals surface area contributed by atoms with Gasteiger partial charge in [-0.05, 0) is 36.1 Å². The Hall–Kier alpha value is -3.59. The quantitative estimate of drug-likeness (QED) is 0.669. The van der Waals surface area contributed by atoms with E-state index in [1.165, 1.54) is 0 Å². The second-order valence-corrected chi connectivity index (χ2v) is 9.90. The molecular weight excluding hydrogens is 458 g/mol. The summed E-state index contributed by atoms with van der Waals surface area (Å²) in [6, 6.07) is 15.5. The monoisotopic (exact) mass is 491 g/mol. The number of benzene rings is 2. The van der Waals surface area contributed by atoms with E-state index in [9.17, 15) is 19.5 Å². The van der Waals surface area contributed by atoms with Gasteiger partial charge in [0.2, 0.25) is 11.8 Å². The summed E-state index contributed by atoms with van der Waals surface area (Å²) in [5.41, 5.74) is 1.83. The lowest BCUT2D eigenvalue weighted by molar-refractivity contribution is -0.189. The Morgan fingerprint density at radius 2 is 1.69 bits per heavy atom. The van der Waals surface area contributed by atoms with Crippen molar-refractivity contribution in [2.24, 2.45) is 0 Å². The summed E-state index contributed by atoms with van der Waals surface area (Å²) in [4.78, 5) is 44.1. The standard InChI is InChI=1S/C27H33N5O4/c1-29-18-25(34)31-23(15-19-11-13-22(33)14-12-19)26(35)30(21-9-5-6-10-21)17-24(31)32(29)27(36)28-16-20-7-3-2-4-8-20/h2-4,7-8,11-14,21,23-24,33H,5-6,9-10,15-18H2,1H3,(H,28,36)/t23-,24-/m0/s1. The normalized spacial score (nSPS) is 23.2. The minimum absolute atomic E-state index is 0.0119. The molecule has 2 aromatic carbocycles. The van der Waals surface area contributed by atoms with E-state index in [0.29, 0.717) is 19.5 Å². The van der Waals surface area contributed by atoms with Gasteiger partial charge in [-0.15, -0.1) is 0 Å². The molecule has 2 saturated heterocycles. The van der Waals surface area contributed by atoms with E-state index < -0.39 is 12.2 Å². The number of likely N-dealkylation sites (N-methyl/N-ethyl adjacent to an activating group) is 1. The highest BCUT2D eigenvalue weighted by atomic mass is 16.3. The van der Waals surface area contributed by atoms with Crippen LogP contribution < -0.4 is 5.32 Å². The number of piperazine rings is 1. The number of fused-ring (bicyclic) bond motifs is 1. The van der Waals surface area contributed by atoms with Crippen LogP contribution in [-0.2, 0) is 22.6 Å². The third kappa shape index (κ3) is 4.75. The van der Waals surface area contributed by atoms with Gasteiger partial charge >= 0.3 is 6.03 Å². The number of hydrazine groups is 1. The molecular formula is C27H33N5O4. The maximum Gasteiger partial charge on any atom is 0.334 e. The highest BCUT2D eigenvalue weighted by Gasteiger charge is 2.51. The molecule has 36 heavy (non-hydrogen) atoms. The van der Waals surface area contributed by atoms with Crippen molar-refractivity contribution in [3.63, 3.8) is 0 Å². The van der Waals surface area contributed by atoms with Gasteiger partial charge in [-0.25, -0.2) is 14.8 Å². The Bertz CT molecular complexity index is 1100. The SMILES string of the molecule is CN1CC(=O)N2[C@@H](Cc3ccc(O)cc3)C(=O)N(C3CCCC3)C[C@@H]2N1C(=O)NCc1ccccc1. The smallest absolute Gasteiger partial charge is 0.334 e. The van der Waals surface area contributed by atoms with Gasteiger partial charge < -0.3 is 20.2 Å². The number of aromatic hydroxyl groups is 1. The Labute approximate surface area is 211 Å². The van der Waals surface area contributed by atoms with Gasteiger partial charge in [-0.3, -0.25) is 9.59 Å². The van der Waals surface area contributed by atoms with E-state index in [4.69, 9.17) is 0 Å².